The molecular weight excluding hydrogens is 419 g/mol. The molecule has 33 heavy (non-hydrogen) atoms. The van der Waals surface area contributed by atoms with E-state index in [0.29, 0.717) is 41.0 Å². The van der Waals surface area contributed by atoms with E-state index in [0.717, 1.165) is 5.56 Å². The van der Waals surface area contributed by atoms with Gasteiger partial charge in [0.05, 0.1) is 11.3 Å². The first kappa shape index (κ1) is 18.6. The van der Waals surface area contributed by atoms with E-state index in [9.17, 15) is 5.11 Å². The number of halogens is 1. The number of aliphatic hydroxyl groups is 1. The summed E-state index contributed by atoms with van der Waals surface area (Å²) in [4.78, 5) is 13.3. The Labute approximate surface area is 190 Å². The number of nitrogens with zero attached hydrogens (tertiary/aromatic N) is 5. The topological polar surface area (TPSA) is 102 Å². The monoisotopic (exact) mass is 441 g/mol. The number of fused-ring (bicyclic) bond motifs is 2. The first-order valence-corrected chi connectivity index (χ1v) is 10.7. The molecule has 3 aromatic heterocycles. The molecule has 0 unspecified atom stereocenters. The molecule has 1 aliphatic carbocycles. The van der Waals surface area contributed by atoms with Gasteiger partial charge in [-0.3, -0.25) is 0 Å². The Bertz CT molecular complexity index is 1580. The number of hydrogen-bond donors (Lipinski definition) is 2. The fourth-order valence-corrected chi connectivity index (χ4v) is 4.68. The molecule has 3 heterocycles. The Balaban J connectivity index is 1.56. The molecule has 5 aromatic rings. The van der Waals surface area contributed by atoms with Crippen LogP contribution in [0.4, 0.5) is 10.2 Å². The van der Waals surface area contributed by atoms with Gasteiger partial charge in [-0.25, -0.2) is 23.9 Å². The van der Waals surface area contributed by atoms with Gasteiger partial charge in [-0.15, -0.1) is 0 Å². The number of imidazole rings is 1. The molecule has 3 N–H and O–H groups in total. The van der Waals surface area contributed by atoms with E-state index in [1.165, 1.54) is 4.52 Å². The van der Waals surface area contributed by atoms with Gasteiger partial charge < -0.3 is 10.8 Å². The predicted octanol–water partition coefficient (Wildman–Crippen LogP) is 4.36. The molecular formula is C25H21FN6O. The molecule has 164 valence electrons. The predicted molar refractivity (Wildman–Crippen MR) is 124 cm³/mol. The summed E-state index contributed by atoms with van der Waals surface area (Å²) in [5.74, 6) is -0.0250. The van der Waals surface area contributed by atoms with Crippen molar-refractivity contribution in [3.05, 3.63) is 72.5 Å². The van der Waals surface area contributed by atoms with E-state index in [1.54, 1.807) is 19.1 Å². The second-order valence-electron chi connectivity index (χ2n) is 8.84. The number of nitrogen functional groups attached to an aromatic ring is 1. The van der Waals surface area contributed by atoms with Crippen LogP contribution in [-0.2, 0) is 0 Å². The van der Waals surface area contributed by atoms with E-state index < -0.39 is 11.4 Å². The van der Waals surface area contributed by atoms with Gasteiger partial charge in [-0.05, 0) is 31.9 Å². The van der Waals surface area contributed by atoms with Crippen molar-refractivity contribution in [1.82, 2.24) is 24.6 Å². The van der Waals surface area contributed by atoms with Crippen LogP contribution in [0.25, 0.3) is 38.9 Å². The van der Waals surface area contributed by atoms with E-state index in [2.05, 4.69) is 15.1 Å². The van der Waals surface area contributed by atoms with Gasteiger partial charge in [0.1, 0.15) is 30.2 Å². The zero-order valence-electron chi connectivity index (χ0n) is 18.8. The highest BCUT2D eigenvalue weighted by molar-refractivity contribution is 5.91. The molecule has 6 rings (SSSR count). The summed E-state index contributed by atoms with van der Waals surface area (Å²) < 4.78 is 25.3. The zero-order valence-corrected chi connectivity index (χ0v) is 17.8. The zero-order chi connectivity index (χ0) is 23.6. The van der Waals surface area contributed by atoms with Crippen molar-refractivity contribution in [2.45, 2.75) is 31.3 Å². The SMILES string of the molecule is [2H]c1nc(N)c2c(-c3ccc4ccc(-c5ccccc5)nc4c3F)nc(C3CC(C)(O)C3)n2n1. The Morgan fingerprint density at radius 2 is 1.88 bits per heavy atom. The number of rotatable bonds is 3. The number of anilines is 1. The first-order chi connectivity index (χ1) is 16.3. The molecule has 0 spiro atoms. The van der Waals surface area contributed by atoms with E-state index >= 15 is 4.39 Å². The lowest BCUT2D eigenvalue weighted by Crippen LogP contribution is -2.40. The quantitative estimate of drug-likeness (QED) is 0.431. The van der Waals surface area contributed by atoms with E-state index in [-0.39, 0.29) is 29.1 Å². The van der Waals surface area contributed by atoms with Crippen LogP contribution in [0.3, 0.4) is 0 Å². The molecule has 0 bridgehead atoms. The molecule has 0 saturated heterocycles. The number of pyridine rings is 1. The lowest BCUT2D eigenvalue weighted by atomic mass is 9.72. The minimum absolute atomic E-state index is 0.0466. The molecule has 1 fully saturated rings. The van der Waals surface area contributed by atoms with Gasteiger partial charge in [-0.1, -0.05) is 42.5 Å². The van der Waals surface area contributed by atoms with Gasteiger partial charge in [0.25, 0.3) is 0 Å². The molecule has 0 aliphatic heterocycles. The second-order valence-corrected chi connectivity index (χ2v) is 8.84. The Morgan fingerprint density at radius 1 is 1.12 bits per heavy atom. The summed E-state index contributed by atoms with van der Waals surface area (Å²) in [6, 6.07) is 16.7. The Kier molecular flexibility index (Phi) is 3.98. The second kappa shape index (κ2) is 7.05. The van der Waals surface area contributed by atoms with E-state index in [4.69, 9.17) is 12.1 Å². The third kappa shape index (κ3) is 3.14. The summed E-state index contributed by atoms with van der Waals surface area (Å²) >= 11 is 0. The molecule has 2 aromatic carbocycles. The third-order valence-corrected chi connectivity index (χ3v) is 6.30. The van der Waals surface area contributed by atoms with Crippen molar-refractivity contribution in [3.8, 4) is 22.5 Å². The maximum Gasteiger partial charge on any atom is 0.158 e. The normalized spacial score (nSPS) is 20.7. The van der Waals surface area contributed by atoms with Gasteiger partial charge in [0.15, 0.2) is 11.6 Å². The highest BCUT2D eigenvalue weighted by atomic mass is 19.1. The lowest BCUT2D eigenvalue weighted by Gasteiger charge is -2.39. The van der Waals surface area contributed by atoms with Crippen molar-refractivity contribution >= 4 is 22.2 Å². The Hall–Kier alpha value is -3.91. The first-order valence-electron chi connectivity index (χ1n) is 11.2. The molecule has 0 radical (unpaired) electrons. The van der Waals surface area contributed by atoms with Gasteiger partial charge in [0, 0.05) is 22.4 Å². The average molecular weight is 441 g/mol. The van der Waals surface area contributed by atoms with Crippen LogP contribution in [0.2, 0.25) is 0 Å². The Morgan fingerprint density at radius 3 is 2.64 bits per heavy atom. The van der Waals surface area contributed by atoms with Crippen molar-refractivity contribution in [3.63, 3.8) is 0 Å². The minimum Gasteiger partial charge on any atom is -0.390 e. The number of benzene rings is 2. The molecule has 7 nitrogen and oxygen atoms in total. The molecule has 1 saturated carbocycles. The molecule has 0 amide bonds. The number of nitrogens with two attached hydrogens (primary N) is 1. The smallest absolute Gasteiger partial charge is 0.158 e. The molecule has 0 atom stereocenters. The van der Waals surface area contributed by atoms with Crippen molar-refractivity contribution in [2.75, 3.05) is 5.73 Å². The van der Waals surface area contributed by atoms with Crippen LogP contribution < -0.4 is 5.73 Å². The number of hydrogen-bond acceptors (Lipinski definition) is 6. The summed E-state index contributed by atoms with van der Waals surface area (Å²) in [5, 5.41) is 15.1. The van der Waals surface area contributed by atoms with E-state index in [1.807, 2.05) is 42.5 Å². The summed E-state index contributed by atoms with van der Waals surface area (Å²) in [6.45, 7) is 1.76. The largest absolute Gasteiger partial charge is 0.390 e. The fourth-order valence-electron chi connectivity index (χ4n) is 4.68. The van der Waals surface area contributed by atoms with Crippen molar-refractivity contribution in [2.24, 2.45) is 0 Å². The van der Waals surface area contributed by atoms with Crippen molar-refractivity contribution in [1.29, 1.82) is 0 Å². The highest BCUT2D eigenvalue weighted by Gasteiger charge is 2.42. The fraction of sp³-hybridized carbons (Fsp3) is 0.200. The molecule has 8 heteroatoms. The maximum atomic E-state index is 15.9. The van der Waals surface area contributed by atoms with Crippen molar-refractivity contribution < 1.29 is 10.9 Å². The summed E-state index contributed by atoms with van der Waals surface area (Å²) in [5.41, 5.74) is 8.03. The van der Waals surface area contributed by atoms with Crippen LogP contribution in [0.15, 0.2) is 60.9 Å². The van der Waals surface area contributed by atoms with Crippen LogP contribution in [0.1, 0.15) is 32.9 Å². The molecule has 1 aliphatic rings. The summed E-state index contributed by atoms with van der Waals surface area (Å²) in [6.07, 6.45) is 0.727. The minimum atomic E-state index is -0.787. The lowest BCUT2D eigenvalue weighted by molar-refractivity contribution is -0.0337. The van der Waals surface area contributed by atoms with Crippen LogP contribution in [-0.4, -0.2) is 35.3 Å². The number of aromatic nitrogens is 5. The average Bonchev–Trinajstić information content (AvgIpc) is 3.17. The van der Waals surface area contributed by atoms with Gasteiger partial charge in [0.2, 0.25) is 0 Å². The van der Waals surface area contributed by atoms with Gasteiger partial charge in [-0.2, -0.15) is 5.10 Å². The third-order valence-electron chi connectivity index (χ3n) is 6.30. The maximum absolute atomic E-state index is 15.9. The highest BCUT2D eigenvalue weighted by Crippen LogP contribution is 2.45. The van der Waals surface area contributed by atoms with Crippen LogP contribution >= 0.6 is 0 Å². The van der Waals surface area contributed by atoms with Gasteiger partial charge >= 0.3 is 0 Å². The van der Waals surface area contributed by atoms with Crippen LogP contribution in [0, 0.1) is 5.82 Å². The van der Waals surface area contributed by atoms with Crippen LogP contribution in [0.5, 0.6) is 0 Å². The summed E-state index contributed by atoms with van der Waals surface area (Å²) in [7, 11) is 0. The standard InChI is InChI=1S/C25H21FN6O/c1-25(33)11-16(12-25)24-31-21(22-23(27)28-13-29-32(22)24)17-9-7-15-8-10-18(30-20(15)19(17)26)14-5-3-2-4-6-14/h2-10,13,16,33H,11-12H2,1H3,(H2,27,28,29)/i13D.